The van der Waals surface area contributed by atoms with Gasteiger partial charge in [0.1, 0.15) is 5.69 Å². The molecule has 0 saturated heterocycles. The van der Waals surface area contributed by atoms with E-state index >= 15 is 0 Å². The second-order valence-electron chi connectivity index (χ2n) is 2.57. The van der Waals surface area contributed by atoms with Gasteiger partial charge < -0.3 is 0 Å². The summed E-state index contributed by atoms with van der Waals surface area (Å²) in [5.74, 6) is 0. The molecule has 1 aromatic carbocycles. The highest BCUT2D eigenvalue weighted by molar-refractivity contribution is 7.03. The normalized spacial score (nSPS) is 10.6. The number of anilines is 1. The average molecular weight is 204 g/mol. The number of nitrogens with one attached hydrogen (secondary N) is 1. The first-order valence-corrected chi connectivity index (χ1v) is 4.90. The van der Waals surface area contributed by atoms with E-state index in [1.807, 2.05) is 35.7 Å². The van der Waals surface area contributed by atoms with Crippen molar-refractivity contribution in [1.82, 2.24) is 9.59 Å². The first-order chi connectivity index (χ1) is 6.95. The van der Waals surface area contributed by atoms with Crippen LogP contribution in [0.4, 0.5) is 5.69 Å². The van der Waals surface area contributed by atoms with Gasteiger partial charge in [-0.2, -0.15) is 5.10 Å². The molecule has 0 bridgehead atoms. The number of rotatable bonds is 3. The van der Waals surface area contributed by atoms with Crippen molar-refractivity contribution in [3.63, 3.8) is 0 Å². The third-order valence-electron chi connectivity index (χ3n) is 1.54. The zero-order valence-electron chi connectivity index (χ0n) is 7.29. The quantitative estimate of drug-likeness (QED) is 0.614. The van der Waals surface area contributed by atoms with Gasteiger partial charge in [-0.1, -0.05) is 22.7 Å². The van der Waals surface area contributed by atoms with Gasteiger partial charge in [-0.3, -0.25) is 5.43 Å². The molecule has 14 heavy (non-hydrogen) atoms. The lowest BCUT2D eigenvalue weighted by Gasteiger charge is -1.96. The number of nitrogens with zero attached hydrogens (tertiary/aromatic N) is 3. The Morgan fingerprint density at radius 1 is 1.29 bits per heavy atom. The number of aromatic nitrogens is 2. The predicted octanol–water partition coefficient (Wildman–Crippen LogP) is 1.98. The van der Waals surface area contributed by atoms with E-state index in [-0.39, 0.29) is 0 Å². The van der Waals surface area contributed by atoms with Crippen molar-refractivity contribution in [1.29, 1.82) is 0 Å². The van der Waals surface area contributed by atoms with Crippen LogP contribution in [0.2, 0.25) is 0 Å². The van der Waals surface area contributed by atoms with Gasteiger partial charge in [-0.05, 0) is 23.7 Å². The Morgan fingerprint density at radius 2 is 2.14 bits per heavy atom. The van der Waals surface area contributed by atoms with Crippen LogP contribution >= 0.6 is 11.5 Å². The molecule has 0 amide bonds. The Kier molecular flexibility index (Phi) is 2.82. The molecule has 70 valence electrons. The topological polar surface area (TPSA) is 50.2 Å². The van der Waals surface area contributed by atoms with Crippen molar-refractivity contribution >= 4 is 23.4 Å². The Morgan fingerprint density at radius 3 is 2.86 bits per heavy atom. The van der Waals surface area contributed by atoms with Crippen LogP contribution in [-0.2, 0) is 0 Å². The van der Waals surface area contributed by atoms with Crippen LogP contribution in [0, 0.1) is 0 Å². The fraction of sp³-hybridized carbons (Fsp3) is 0. The molecule has 0 radical (unpaired) electrons. The monoisotopic (exact) mass is 204 g/mol. The van der Waals surface area contributed by atoms with Crippen LogP contribution in [0.5, 0.6) is 0 Å². The summed E-state index contributed by atoms with van der Waals surface area (Å²) in [5.41, 5.74) is 4.60. The summed E-state index contributed by atoms with van der Waals surface area (Å²) >= 11 is 1.31. The summed E-state index contributed by atoms with van der Waals surface area (Å²) in [4.78, 5) is 0. The van der Waals surface area contributed by atoms with Gasteiger partial charge in [0.05, 0.1) is 11.9 Å². The van der Waals surface area contributed by atoms with E-state index in [9.17, 15) is 0 Å². The van der Waals surface area contributed by atoms with E-state index < -0.39 is 0 Å². The number of hydrogen-bond donors (Lipinski definition) is 1. The molecule has 5 heteroatoms. The minimum atomic E-state index is 0.762. The van der Waals surface area contributed by atoms with E-state index in [2.05, 4.69) is 20.1 Å². The zero-order valence-corrected chi connectivity index (χ0v) is 8.11. The van der Waals surface area contributed by atoms with Crippen molar-refractivity contribution < 1.29 is 0 Å². The molecule has 1 aromatic heterocycles. The molecule has 4 nitrogen and oxygen atoms in total. The largest absolute Gasteiger partial charge is 0.278 e. The zero-order chi connectivity index (χ0) is 9.64. The molecule has 0 unspecified atom stereocenters. The molecule has 0 aliphatic carbocycles. The minimum Gasteiger partial charge on any atom is -0.278 e. The number of benzene rings is 1. The van der Waals surface area contributed by atoms with E-state index in [1.165, 1.54) is 11.5 Å². The van der Waals surface area contributed by atoms with Crippen molar-refractivity contribution in [3.8, 4) is 0 Å². The van der Waals surface area contributed by atoms with Crippen LogP contribution in [0.3, 0.4) is 0 Å². The lowest BCUT2D eigenvalue weighted by molar-refractivity contribution is 1.14. The molecule has 0 fully saturated rings. The molecule has 2 rings (SSSR count). The minimum absolute atomic E-state index is 0.762. The van der Waals surface area contributed by atoms with Crippen LogP contribution in [0.25, 0.3) is 0 Å². The van der Waals surface area contributed by atoms with Crippen molar-refractivity contribution in [2.24, 2.45) is 5.10 Å². The maximum Gasteiger partial charge on any atom is 0.118 e. The van der Waals surface area contributed by atoms with Crippen molar-refractivity contribution in [3.05, 3.63) is 41.4 Å². The number of hydrogen-bond acceptors (Lipinski definition) is 5. The highest BCUT2D eigenvalue weighted by atomic mass is 32.1. The van der Waals surface area contributed by atoms with Gasteiger partial charge in [0.25, 0.3) is 0 Å². The molecule has 0 aliphatic rings. The van der Waals surface area contributed by atoms with Crippen LogP contribution in [0.1, 0.15) is 5.69 Å². The third-order valence-corrected chi connectivity index (χ3v) is 2.06. The lowest BCUT2D eigenvalue weighted by Crippen LogP contribution is -1.90. The maximum absolute atomic E-state index is 4.01. The summed E-state index contributed by atoms with van der Waals surface area (Å²) < 4.78 is 3.72. The van der Waals surface area contributed by atoms with Crippen LogP contribution in [-0.4, -0.2) is 15.8 Å². The van der Waals surface area contributed by atoms with Gasteiger partial charge in [0.2, 0.25) is 0 Å². The molecule has 1 N–H and O–H groups in total. The molecule has 1 heterocycles. The maximum atomic E-state index is 4.01. The Balaban J connectivity index is 1.95. The fourth-order valence-electron chi connectivity index (χ4n) is 0.914. The number of hydrazone groups is 1. The molecule has 0 atom stereocenters. The second kappa shape index (κ2) is 4.48. The van der Waals surface area contributed by atoms with Gasteiger partial charge in [-0.25, -0.2) is 0 Å². The summed E-state index contributed by atoms with van der Waals surface area (Å²) in [6.45, 7) is 0. The van der Waals surface area contributed by atoms with Crippen LogP contribution < -0.4 is 5.43 Å². The van der Waals surface area contributed by atoms with Crippen molar-refractivity contribution in [2.45, 2.75) is 0 Å². The molecule has 0 aliphatic heterocycles. The Hall–Kier alpha value is -1.75. The van der Waals surface area contributed by atoms with Gasteiger partial charge in [0.15, 0.2) is 0 Å². The molecule has 2 aromatic rings. The van der Waals surface area contributed by atoms with Gasteiger partial charge >= 0.3 is 0 Å². The highest BCUT2D eigenvalue weighted by Gasteiger charge is 1.89. The molecule has 0 saturated carbocycles. The summed E-state index contributed by atoms with van der Waals surface area (Å²) in [7, 11) is 0. The first kappa shape index (κ1) is 8.83. The predicted molar refractivity (Wildman–Crippen MR) is 57.6 cm³/mol. The SMILES string of the molecule is C(=N\Nc1ccccc1)/c1csnn1. The Labute approximate surface area is 85.5 Å². The van der Waals surface area contributed by atoms with Gasteiger partial charge in [-0.15, -0.1) is 5.10 Å². The van der Waals surface area contributed by atoms with Crippen molar-refractivity contribution in [2.75, 3.05) is 5.43 Å². The van der Waals surface area contributed by atoms with E-state index in [0.717, 1.165) is 11.4 Å². The first-order valence-electron chi connectivity index (χ1n) is 4.06. The van der Waals surface area contributed by atoms with Gasteiger partial charge in [0, 0.05) is 5.38 Å². The molecule has 0 spiro atoms. The third kappa shape index (κ3) is 2.37. The smallest absolute Gasteiger partial charge is 0.118 e. The summed E-state index contributed by atoms with van der Waals surface area (Å²) in [6, 6.07) is 9.73. The standard InChI is InChI=1S/C9H8N4S/c1-2-4-8(5-3-1)11-10-6-9-7-14-13-12-9/h1-7,11H/b10-6+. The Bertz CT molecular complexity index is 396. The summed E-state index contributed by atoms with van der Waals surface area (Å²) in [5, 5.41) is 9.67. The van der Waals surface area contributed by atoms with Crippen LogP contribution in [0.15, 0.2) is 40.8 Å². The van der Waals surface area contributed by atoms with E-state index in [1.54, 1.807) is 6.21 Å². The fourth-order valence-corrected chi connectivity index (χ4v) is 1.32. The lowest BCUT2D eigenvalue weighted by atomic mass is 10.3. The highest BCUT2D eigenvalue weighted by Crippen LogP contribution is 2.04. The van der Waals surface area contributed by atoms with E-state index in [0.29, 0.717) is 0 Å². The summed E-state index contributed by atoms with van der Waals surface area (Å²) in [6.07, 6.45) is 1.64. The van der Waals surface area contributed by atoms with E-state index in [4.69, 9.17) is 0 Å². The molecular formula is C9H8N4S. The number of para-hydroxylation sites is 1. The average Bonchev–Trinajstić information content (AvgIpc) is 2.72. The molecular weight excluding hydrogens is 196 g/mol. The second-order valence-corrected chi connectivity index (χ2v) is 3.18.